The predicted molar refractivity (Wildman–Crippen MR) is 122 cm³/mol. The van der Waals surface area contributed by atoms with E-state index >= 15 is 0 Å². The van der Waals surface area contributed by atoms with E-state index in [1.807, 2.05) is 61.6 Å². The molecule has 3 rings (SSSR count). The number of rotatable bonds is 7. The van der Waals surface area contributed by atoms with Crippen LogP contribution in [0.2, 0.25) is 0 Å². The molecule has 1 aliphatic heterocycles. The van der Waals surface area contributed by atoms with Gasteiger partial charge in [-0.3, -0.25) is 4.79 Å². The second-order valence-corrected chi connectivity index (χ2v) is 10.5. The molecule has 0 unspecified atom stereocenters. The van der Waals surface area contributed by atoms with Crippen LogP contribution in [0.25, 0.3) is 0 Å². The highest BCUT2D eigenvalue weighted by atomic mass is 32.2. The fourth-order valence-corrected chi connectivity index (χ4v) is 5.38. The van der Waals surface area contributed by atoms with Gasteiger partial charge in [-0.25, -0.2) is 8.42 Å². The van der Waals surface area contributed by atoms with Gasteiger partial charge >= 0.3 is 0 Å². The minimum atomic E-state index is -3.51. The number of nitrogens with zero attached hydrogens (tertiary/aromatic N) is 2. The van der Waals surface area contributed by atoms with Crippen molar-refractivity contribution in [3.8, 4) is 0 Å². The van der Waals surface area contributed by atoms with E-state index in [4.69, 9.17) is 0 Å². The number of carbonyl (C=O) groups is 1. The zero-order valence-electron chi connectivity index (χ0n) is 17.7. The van der Waals surface area contributed by atoms with Gasteiger partial charge in [0.25, 0.3) is 0 Å². The summed E-state index contributed by atoms with van der Waals surface area (Å²) >= 11 is 1.58. The Kier molecular flexibility index (Phi) is 7.44. The summed E-state index contributed by atoms with van der Waals surface area (Å²) in [7, 11) is 0.463. The molecule has 1 heterocycles. The predicted octanol–water partition coefficient (Wildman–Crippen LogP) is 3.19. The molecule has 0 atom stereocenters. The molecule has 0 spiro atoms. The lowest BCUT2D eigenvalue weighted by Gasteiger charge is -2.30. The number of thioether (sulfide) groups is 1. The number of carbonyl (C=O) groups excluding carboxylic acids is 1. The van der Waals surface area contributed by atoms with E-state index in [-0.39, 0.29) is 11.8 Å². The van der Waals surface area contributed by atoms with Crippen LogP contribution < -0.4 is 10.2 Å². The van der Waals surface area contributed by atoms with Crippen molar-refractivity contribution in [2.24, 2.45) is 5.92 Å². The summed E-state index contributed by atoms with van der Waals surface area (Å²) in [6.45, 7) is 1.21. The van der Waals surface area contributed by atoms with Gasteiger partial charge in [-0.2, -0.15) is 4.31 Å². The monoisotopic (exact) mass is 447 g/mol. The van der Waals surface area contributed by atoms with E-state index in [1.54, 1.807) is 23.9 Å². The summed E-state index contributed by atoms with van der Waals surface area (Å²) in [5.74, 6) is -0.163. The lowest BCUT2D eigenvalue weighted by atomic mass is 9.97. The van der Waals surface area contributed by atoms with Crippen molar-refractivity contribution in [2.75, 3.05) is 38.3 Å². The maximum atomic E-state index is 12.9. The SMILES string of the molecule is CSc1ccc(S(=O)(=O)N2CCC(C(=O)NCc3ccc(N(C)C)cc3)CC2)cc1. The smallest absolute Gasteiger partial charge is 0.243 e. The first-order valence-electron chi connectivity index (χ1n) is 9.99. The van der Waals surface area contributed by atoms with E-state index in [2.05, 4.69) is 5.32 Å². The molecule has 1 amide bonds. The Balaban J connectivity index is 1.52. The van der Waals surface area contributed by atoms with Gasteiger partial charge in [-0.05, 0) is 61.1 Å². The normalized spacial score (nSPS) is 15.7. The van der Waals surface area contributed by atoms with Crippen LogP contribution in [0.4, 0.5) is 5.69 Å². The van der Waals surface area contributed by atoms with Gasteiger partial charge in [-0.1, -0.05) is 12.1 Å². The van der Waals surface area contributed by atoms with E-state index in [0.717, 1.165) is 16.1 Å². The standard InChI is InChI=1S/C22H29N3O3S2/c1-24(2)19-6-4-17(5-7-19)16-23-22(26)18-12-14-25(15-13-18)30(27,28)21-10-8-20(29-3)9-11-21/h4-11,18H,12-16H2,1-3H3,(H,23,26). The molecule has 0 bridgehead atoms. The van der Waals surface area contributed by atoms with Crippen LogP contribution in [0, 0.1) is 5.92 Å². The van der Waals surface area contributed by atoms with E-state index in [0.29, 0.717) is 37.4 Å². The van der Waals surface area contributed by atoms with Gasteiger partial charge in [0.15, 0.2) is 0 Å². The third-order valence-corrected chi connectivity index (χ3v) is 8.10. The van der Waals surface area contributed by atoms with Gasteiger partial charge in [0, 0.05) is 50.2 Å². The van der Waals surface area contributed by atoms with Crippen LogP contribution in [0.1, 0.15) is 18.4 Å². The Hall–Kier alpha value is -2.03. The van der Waals surface area contributed by atoms with Crippen molar-refractivity contribution >= 4 is 33.4 Å². The fourth-order valence-electron chi connectivity index (χ4n) is 3.50. The van der Waals surface area contributed by atoms with Gasteiger partial charge < -0.3 is 10.2 Å². The molecule has 1 fully saturated rings. The molecular formula is C22H29N3O3S2. The molecule has 30 heavy (non-hydrogen) atoms. The maximum Gasteiger partial charge on any atom is 0.243 e. The largest absolute Gasteiger partial charge is 0.378 e. The van der Waals surface area contributed by atoms with Crippen molar-refractivity contribution in [2.45, 2.75) is 29.2 Å². The summed E-state index contributed by atoms with van der Waals surface area (Å²) in [5, 5.41) is 2.99. The van der Waals surface area contributed by atoms with Crippen molar-refractivity contribution in [1.29, 1.82) is 0 Å². The highest BCUT2D eigenvalue weighted by Gasteiger charge is 2.32. The second kappa shape index (κ2) is 9.85. The molecule has 0 radical (unpaired) electrons. The number of nitrogens with one attached hydrogen (secondary N) is 1. The molecule has 0 saturated carbocycles. The summed E-state index contributed by atoms with van der Waals surface area (Å²) in [4.78, 5) is 15.9. The minimum absolute atomic E-state index is 0.00643. The summed E-state index contributed by atoms with van der Waals surface area (Å²) < 4.78 is 27.2. The third-order valence-electron chi connectivity index (χ3n) is 5.44. The Labute approximate surface area is 183 Å². The number of anilines is 1. The van der Waals surface area contributed by atoms with Crippen LogP contribution in [0.15, 0.2) is 58.3 Å². The lowest BCUT2D eigenvalue weighted by molar-refractivity contribution is -0.126. The van der Waals surface area contributed by atoms with Crippen LogP contribution in [0.5, 0.6) is 0 Å². The summed E-state index contributed by atoms with van der Waals surface area (Å²) in [5.41, 5.74) is 2.16. The molecule has 162 valence electrons. The van der Waals surface area contributed by atoms with Crippen LogP contribution in [-0.2, 0) is 21.4 Å². The zero-order valence-corrected chi connectivity index (χ0v) is 19.3. The highest BCUT2D eigenvalue weighted by Crippen LogP contribution is 2.25. The van der Waals surface area contributed by atoms with Crippen LogP contribution in [-0.4, -0.2) is 52.1 Å². The van der Waals surface area contributed by atoms with E-state index in [9.17, 15) is 13.2 Å². The first-order chi connectivity index (χ1) is 14.3. The quantitative estimate of drug-likeness (QED) is 0.660. The topological polar surface area (TPSA) is 69.7 Å². The van der Waals surface area contributed by atoms with Crippen molar-refractivity contribution < 1.29 is 13.2 Å². The average Bonchev–Trinajstić information content (AvgIpc) is 2.77. The lowest BCUT2D eigenvalue weighted by Crippen LogP contribution is -2.42. The van der Waals surface area contributed by atoms with E-state index in [1.165, 1.54) is 4.31 Å². The number of sulfonamides is 1. The molecule has 2 aromatic rings. The first kappa shape index (κ1) is 22.7. The third kappa shape index (κ3) is 5.36. The zero-order chi connectivity index (χ0) is 21.7. The highest BCUT2D eigenvalue weighted by molar-refractivity contribution is 7.98. The van der Waals surface area contributed by atoms with Crippen LogP contribution in [0.3, 0.4) is 0 Å². The van der Waals surface area contributed by atoms with Gasteiger partial charge in [0.2, 0.25) is 15.9 Å². The Bertz CT molecular complexity index is 950. The molecule has 0 aromatic heterocycles. The summed E-state index contributed by atoms with van der Waals surface area (Å²) in [6, 6.07) is 15.0. The Morgan fingerprint density at radius 3 is 2.20 bits per heavy atom. The minimum Gasteiger partial charge on any atom is -0.378 e. The van der Waals surface area contributed by atoms with Gasteiger partial charge in [0.05, 0.1) is 4.90 Å². The van der Waals surface area contributed by atoms with Crippen molar-refractivity contribution in [3.05, 3.63) is 54.1 Å². The molecule has 1 saturated heterocycles. The van der Waals surface area contributed by atoms with Crippen molar-refractivity contribution in [1.82, 2.24) is 9.62 Å². The second-order valence-electron chi connectivity index (χ2n) is 7.63. The summed E-state index contributed by atoms with van der Waals surface area (Å²) in [6.07, 6.45) is 3.03. The molecule has 6 nitrogen and oxygen atoms in total. The number of benzene rings is 2. The molecule has 8 heteroatoms. The molecular weight excluding hydrogens is 418 g/mol. The maximum absolute atomic E-state index is 12.9. The number of piperidine rings is 1. The Morgan fingerprint density at radius 2 is 1.67 bits per heavy atom. The molecule has 2 aromatic carbocycles. The fraction of sp³-hybridized carbons (Fsp3) is 0.409. The Morgan fingerprint density at radius 1 is 1.07 bits per heavy atom. The average molecular weight is 448 g/mol. The van der Waals surface area contributed by atoms with E-state index < -0.39 is 10.0 Å². The number of hydrogen-bond donors (Lipinski definition) is 1. The molecule has 1 N–H and O–H groups in total. The van der Waals surface area contributed by atoms with Gasteiger partial charge in [0.1, 0.15) is 0 Å². The van der Waals surface area contributed by atoms with Crippen molar-refractivity contribution in [3.63, 3.8) is 0 Å². The number of amides is 1. The molecule has 0 aliphatic carbocycles. The number of hydrogen-bond acceptors (Lipinski definition) is 5. The van der Waals surface area contributed by atoms with Gasteiger partial charge in [-0.15, -0.1) is 11.8 Å². The molecule has 1 aliphatic rings. The van der Waals surface area contributed by atoms with Crippen LogP contribution >= 0.6 is 11.8 Å². The first-order valence-corrected chi connectivity index (χ1v) is 12.7.